The largest absolute Gasteiger partial charge is 0.331 e. The van der Waals surface area contributed by atoms with Crippen molar-refractivity contribution >= 4 is 16.8 Å². The number of carbonyl (C=O) groups is 1. The molecule has 0 fully saturated rings. The number of fused-ring (bicyclic) bond motifs is 1. The first-order valence-corrected chi connectivity index (χ1v) is 8.18. The Balaban J connectivity index is 1.71. The predicted molar refractivity (Wildman–Crippen MR) is 98.8 cm³/mol. The van der Waals surface area contributed by atoms with Gasteiger partial charge in [-0.2, -0.15) is 0 Å². The van der Waals surface area contributed by atoms with Crippen molar-refractivity contribution in [3.8, 4) is 0 Å². The third-order valence-corrected chi connectivity index (χ3v) is 4.24. The Hall–Kier alpha value is -2.81. The van der Waals surface area contributed by atoms with Crippen LogP contribution in [-0.4, -0.2) is 18.0 Å². The monoisotopic (exact) mass is 318 g/mol. The van der Waals surface area contributed by atoms with E-state index < -0.39 is 0 Å². The van der Waals surface area contributed by atoms with E-state index in [0.29, 0.717) is 6.54 Å². The van der Waals surface area contributed by atoms with Crippen LogP contribution in [0, 0.1) is 0 Å². The molecule has 0 bridgehead atoms. The van der Waals surface area contributed by atoms with Crippen LogP contribution >= 0.6 is 0 Å². The molecule has 0 aromatic heterocycles. The SMILES string of the molecule is CC(NC(=O)N(C)Cc1ccccc1)c1cccc2ccccc12. The highest BCUT2D eigenvalue weighted by Crippen LogP contribution is 2.24. The van der Waals surface area contributed by atoms with E-state index in [9.17, 15) is 4.79 Å². The van der Waals surface area contributed by atoms with Gasteiger partial charge in [-0.1, -0.05) is 72.8 Å². The van der Waals surface area contributed by atoms with E-state index >= 15 is 0 Å². The minimum absolute atomic E-state index is 0.0539. The van der Waals surface area contributed by atoms with Gasteiger partial charge < -0.3 is 10.2 Å². The first-order valence-electron chi connectivity index (χ1n) is 8.18. The van der Waals surface area contributed by atoms with Crippen molar-refractivity contribution in [3.05, 3.63) is 83.9 Å². The number of urea groups is 1. The average Bonchev–Trinajstić information content (AvgIpc) is 2.62. The first-order chi connectivity index (χ1) is 11.6. The fraction of sp³-hybridized carbons (Fsp3) is 0.190. The molecule has 122 valence electrons. The average molecular weight is 318 g/mol. The standard InChI is InChI=1S/C21H22N2O/c1-16(19-14-8-12-18-11-6-7-13-20(18)19)22-21(24)23(2)15-17-9-4-3-5-10-17/h3-14,16H,15H2,1-2H3,(H,22,24). The van der Waals surface area contributed by atoms with Crippen molar-refractivity contribution < 1.29 is 4.79 Å². The molecule has 24 heavy (non-hydrogen) atoms. The van der Waals surface area contributed by atoms with Gasteiger partial charge in [0.2, 0.25) is 0 Å². The molecule has 0 aliphatic heterocycles. The van der Waals surface area contributed by atoms with Crippen LogP contribution in [0.5, 0.6) is 0 Å². The fourth-order valence-corrected chi connectivity index (χ4v) is 2.93. The van der Waals surface area contributed by atoms with E-state index in [2.05, 4.69) is 29.6 Å². The Bertz CT molecular complexity index is 824. The van der Waals surface area contributed by atoms with E-state index in [4.69, 9.17) is 0 Å². The van der Waals surface area contributed by atoms with Gasteiger partial charge in [0.1, 0.15) is 0 Å². The number of hydrogen-bond donors (Lipinski definition) is 1. The van der Waals surface area contributed by atoms with Crippen LogP contribution in [-0.2, 0) is 6.54 Å². The molecule has 3 aromatic carbocycles. The summed E-state index contributed by atoms with van der Waals surface area (Å²) >= 11 is 0. The lowest BCUT2D eigenvalue weighted by Gasteiger charge is -2.22. The first kappa shape index (κ1) is 16.1. The lowest BCUT2D eigenvalue weighted by atomic mass is 10.00. The smallest absolute Gasteiger partial charge is 0.317 e. The van der Waals surface area contributed by atoms with Gasteiger partial charge in [-0.05, 0) is 28.8 Å². The number of nitrogens with zero attached hydrogens (tertiary/aromatic N) is 1. The second-order valence-electron chi connectivity index (χ2n) is 6.08. The highest BCUT2D eigenvalue weighted by Gasteiger charge is 2.15. The normalized spacial score (nSPS) is 11.9. The zero-order valence-electron chi connectivity index (χ0n) is 14.1. The van der Waals surface area contributed by atoms with Crippen molar-refractivity contribution in [2.45, 2.75) is 19.5 Å². The van der Waals surface area contributed by atoms with Crippen molar-refractivity contribution in [1.82, 2.24) is 10.2 Å². The summed E-state index contributed by atoms with van der Waals surface area (Å²) in [6.07, 6.45) is 0. The molecule has 0 aliphatic rings. The van der Waals surface area contributed by atoms with E-state index in [1.807, 2.05) is 62.5 Å². The maximum absolute atomic E-state index is 12.5. The van der Waals surface area contributed by atoms with E-state index in [1.165, 1.54) is 10.8 Å². The van der Waals surface area contributed by atoms with Crippen molar-refractivity contribution in [2.75, 3.05) is 7.05 Å². The lowest BCUT2D eigenvalue weighted by Crippen LogP contribution is -2.38. The third kappa shape index (κ3) is 3.57. The molecule has 3 aromatic rings. The van der Waals surface area contributed by atoms with E-state index in [0.717, 1.165) is 11.1 Å². The minimum atomic E-state index is -0.0701. The zero-order chi connectivity index (χ0) is 16.9. The van der Waals surface area contributed by atoms with Gasteiger partial charge in [0, 0.05) is 13.6 Å². The van der Waals surface area contributed by atoms with Gasteiger partial charge in [-0.15, -0.1) is 0 Å². The van der Waals surface area contributed by atoms with Crippen LogP contribution < -0.4 is 5.32 Å². The van der Waals surface area contributed by atoms with Crippen molar-refractivity contribution in [3.63, 3.8) is 0 Å². The molecule has 1 atom stereocenters. The Morgan fingerprint density at radius 3 is 2.42 bits per heavy atom. The molecule has 0 saturated heterocycles. The molecule has 3 heteroatoms. The Morgan fingerprint density at radius 2 is 1.62 bits per heavy atom. The topological polar surface area (TPSA) is 32.3 Å². The van der Waals surface area contributed by atoms with Crippen LogP contribution in [0.2, 0.25) is 0 Å². The van der Waals surface area contributed by atoms with Gasteiger partial charge in [0.15, 0.2) is 0 Å². The number of carbonyl (C=O) groups excluding carboxylic acids is 1. The van der Waals surface area contributed by atoms with Crippen LogP contribution in [0.1, 0.15) is 24.1 Å². The van der Waals surface area contributed by atoms with Gasteiger partial charge in [-0.3, -0.25) is 0 Å². The van der Waals surface area contributed by atoms with E-state index in [-0.39, 0.29) is 12.1 Å². The van der Waals surface area contributed by atoms with Crippen molar-refractivity contribution in [1.29, 1.82) is 0 Å². The number of benzene rings is 3. The molecule has 3 nitrogen and oxygen atoms in total. The van der Waals surface area contributed by atoms with Crippen LogP contribution in [0.3, 0.4) is 0 Å². The maximum Gasteiger partial charge on any atom is 0.317 e. The minimum Gasteiger partial charge on any atom is -0.331 e. The molecule has 0 heterocycles. The van der Waals surface area contributed by atoms with Crippen molar-refractivity contribution in [2.24, 2.45) is 0 Å². The van der Waals surface area contributed by atoms with Gasteiger partial charge in [-0.25, -0.2) is 4.79 Å². The zero-order valence-corrected chi connectivity index (χ0v) is 14.1. The molecule has 1 N–H and O–H groups in total. The highest BCUT2D eigenvalue weighted by atomic mass is 16.2. The molecular weight excluding hydrogens is 296 g/mol. The van der Waals surface area contributed by atoms with Gasteiger partial charge >= 0.3 is 6.03 Å². The number of rotatable bonds is 4. The Labute approximate surface area is 142 Å². The molecular formula is C21H22N2O. The maximum atomic E-state index is 12.5. The van der Waals surface area contributed by atoms with E-state index in [1.54, 1.807) is 4.90 Å². The lowest BCUT2D eigenvalue weighted by molar-refractivity contribution is 0.203. The Morgan fingerprint density at radius 1 is 0.958 bits per heavy atom. The molecule has 3 rings (SSSR count). The highest BCUT2D eigenvalue weighted by molar-refractivity contribution is 5.86. The predicted octanol–water partition coefficient (Wildman–Crippen LogP) is 4.74. The molecule has 0 aliphatic carbocycles. The third-order valence-electron chi connectivity index (χ3n) is 4.24. The summed E-state index contributed by atoms with van der Waals surface area (Å²) in [5.74, 6) is 0. The summed E-state index contributed by atoms with van der Waals surface area (Å²) in [5, 5.41) is 5.46. The number of hydrogen-bond acceptors (Lipinski definition) is 1. The number of amides is 2. The van der Waals surface area contributed by atoms with Crippen LogP contribution in [0.4, 0.5) is 4.79 Å². The second kappa shape index (κ2) is 7.18. The Kier molecular flexibility index (Phi) is 4.80. The number of nitrogens with one attached hydrogen (secondary N) is 1. The molecule has 0 radical (unpaired) electrons. The summed E-state index contributed by atoms with van der Waals surface area (Å²) in [4.78, 5) is 14.2. The fourth-order valence-electron chi connectivity index (χ4n) is 2.93. The summed E-state index contributed by atoms with van der Waals surface area (Å²) < 4.78 is 0. The summed E-state index contributed by atoms with van der Waals surface area (Å²) in [5.41, 5.74) is 2.25. The molecule has 0 spiro atoms. The molecule has 2 amide bonds. The van der Waals surface area contributed by atoms with Crippen LogP contribution in [0.25, 0.3) is 10.8 Å². The summed E-state index contributed by atoms with van der Waals surface area (Å²) in [6.45, 7) is 2.62. The van der Waals surface area contributed by atoms with Gasteiger partial charge in [0.25, 0.3) is 0 Å². The van der Waals surface area contributed by atoms with Crippen LogP contribution in [0.15, 0.2) is 72.8 Å². The molecule has 1 unspecified atom stereocenters. The quantitative estimate of drug-likeness (QED) is 0.740. The second-order valence-corrected chi connectivity index (χ2v) is 6.08. The van der Waals surface area contributed by atoms with Gasteiger partial charge in [0.05, 0.1) is 6.04 Å². The summed E-state index contributed by atoms with van der Waals surface area (Å²) in [7, 11) is 1.82. The molecule has 0 saturated carbocycles. The summed E-state index contributed by atoms with van der Waals surface area (Å²) in [6, 6.07) is 24.3.